The Bertz CT molecular complexity index is 3520. The number of hydrogen-bond acceptors (Lipinski definition) is 4. The van der Waals surface area contributed by atoms with Gasteiger partial charge in [-0.15, -0.1) is 0 Å². The zero-order valence-corrected chi connectivity index (χ0v) is 48.7. The van der Waals surface area contributed by atoms with E-state index in [0.29, 0.717) is 5.02 Å². The van der Waals surface area contributed by atoms with Crippen LogP contribution in [0, 0.1) is 0 Å². The first-order valence-electron chi connectivity index (χ1n) is 27.6. The third kappa shape index (κ3) is 8.76. The molecule has 0 atom stereocenters. The number of furan rings is 2. The first-order chi connectivity index (χ1) is 34.9. The monoisotopic (exact) mass is 1010 g/mol. The molecule has 0 radical (unpaired) electrons. The maximum Gasteiger partial charge on any atom is 0.137 e. The minimum Gasteiger partial charge on any atom is -0.456 e. The second-order valence-electron chi connectivity index (χ2n) is 28.2. The van der Waals surface area contributed by atoms with Crippen molar-refractivity contribution in [2.24, 2.45) is 0 Å². The molecule has 0 saturated heterocycles. The number of hydrogen-bond donors (Lipinski definition) is 0. The molecule has 0 unspecified atom stereocenters. The van der Waals surface area contributed by atoms with Crippen LogP contribution in [0.5, 0.6) is 0 Å². The van der Waals surface area contributed by atoms with E-state index in [0.717, 1.165) is 104 Å². The molecule has 11 rings (SSSR count). The van der Waals surface area contributed by atoms with E-state index in [1.54, 1.807) is 0 Å². The van der Waals surface area contributed by atoms with Gasteiger partial charge in [-0.1, -0.05) is 154 Å². The van der Waals surface area contributed by atoms with Crippen molar-refractivity contribution >= 4 is 89.6 Å². The van der Waals surface area contributed by atoms with E-state index in [4.69, 9.17) is 20.4 Å². The van der Waals surface area contributed by atoms with E-state index in [-0.39, 0.29) is 37.9 Å². The molecule has 2 aromatic heterocycles. The van der Waals surface area contributed by atoms with Gasteiger partial charge in [-0.05, 0) is 187 Å². The molecular weight excluding hydrogens is 936 g/mol. The minimum atomic E-state index is -0.254. The summed E-state index contributed by atoms with van der Waals surface area (Å²) in [6.45, 7) is 39.8. The Morgan fingerprint density at radius 2 is 0.680 bits per heavy atom. The minimum absolute atomic E-state index is 0.00356. The summed E-state index contributed by atoms with van der Waals surface area (Å²) in [5, 5.41) is 5.11. The molecule has 5 heteroatoms. The van der Waals surface area contributed by atoms with E-state index >= 15 is 0 Å². The molecule has 2 aliphatic carbocycles. The van der Waals surface area contributed by atoms with Crippen molar-refractivity contribution in [3.63, 3.8) is 0 Å². The van der Waals surface area contributed by atoms with E-state index in [1.807, 2.05) is 0 Å². The first-order valence-corrected chi connectivity index (χ1v) is 28.0. The molecule has 7 aromatic carbocycles. The van der Waals surface area contributed by atoms with Gasteiger partial charge in [0, 0.05) is 56.4 Å². The van der Waals surface area contributed by atoms with Crippen molar-refractivity contribution < 1.29 is 8.83 Å². The highest BCUT2D eigenvalue weighted by Gasteiger charge is 2.40. The molecule has 0 fully saturated rings. The fourth-order valence-corrected chi connectivity index (χ4v) is 12.7. The largest absolute Gasteiger partial charge is 0.456 e. The Hall–Kier alpha value is -5.97. The van der Waals surface area contributed by atoms with Crippen LogP contribution in [0.15, 0.2) is 130 Å². The van der Waals surface area contributed by atoms with E-state index < -0.39 is 0 Å². The number of anilines is 6. The lowest BCUT2D eigenvalue weighted by molar-refractivity contribution is 0.332. The normalized spacial score (nSPS) is 17.1. The standard InChI is InChI=1S/C70H79ClN2O2/c1-64(2,3)42-18-28-59-51(34-42)49-24-20-47(40-61(49)74-59)72(45-22-26-53-55(38-45)69(14,15)32-30-67(53,10)11)57-36-44(66(7,8)9)37-58(63(57)71)73(46-23-27-54-56(39-46)70(16,17)33-31-68(54,12)13)48-21-25-50-52-35-43(65(4,5)6)19-29-60(52)75-62(50)41-48/h18-29,34-41H,30-33H2,1-17H3. The maximum atomic E-state index is 8.36. The van der Waals surface area contributed by atoms with Crippen LogP contribution in [-0.2, 0) is 37.9 Å². The molecule has 2 aliphatic rings. The maximum absolute atomic E-state index is 8.36. The molecule has 0 spiro atoms. The highest BCUT2D eigenvalue weighted by Crippen LogP contribution is 2.54. The average Bonchev–Trinajstić information content (AvgIpc) is 3.89. The molecular formula is C70H79ClN2O2. The molecule has 9 aromatic rings. The smallest absolute Gasteiger partial charge is 0.137 e. The van der Waals surface area contributed by atoms with Crippen LogP contribution in [-0.4, -0.2) is 0 Å². The quantitative estimate of drug-likeness (QED) is 0.166. The van der Waals surface area contributed by atoms with Gasteiger partial charge in [0.15, 0.2) is 0 Å². The predicted molar refractivity (Wildman–Crippen MR) is 322 cm³/mol. The van der Waals surface area contributed by atoms with Crippen molar-refractivity contribution in [2.75, 3.05) is 9.80 Å². The lowest BCUT2D eigenvalue weighted by atomic mass is 9.63. The summed E-state index contributed by atoms with van der Waals surface area (Å²) in [6.07, 6.45) is 4.51. The number of benzene rings is 7. The Kier molecular flexibility index (Phi) is 11.6. The molecule has 0 saturated carbocycles. The van der Waals surface area contributed by atoms with Gasteiger partial charge in [-0.2, -0.15) is 0 Å². The molecule has 388 valence electrons. The van der Waals surface area contributed by atoms with Crippen molar-refractivity contribution in [1.29, 1.82) is 0 Å². The second kappa shape index (κ2) is 17.0. The number of fused-ring (bicyclic) bond motifs is 8. The number of nitrogens with zero attached hydrogens (tertiary/aromatic N) is 2. The average molecular weight is 1020 g/mol. The van der Waals surface area contributed by atoms with Gasteiger partial charge >= 0.3 is 0 Å². The van der Waals surface area contributed by atoms with Gasteiger partial charge in [0.2, 0.25) is 0 Å². The molecule has 0 aliphatic heterocycles. The van der Waals surface area contributed by atoms with Gasteiger partial charge in [-0.25, -0.2) is 0 Å². The molecule has 0 bridgehead atoms. The highest BCUT2D eigenvalue weighted by atomic mass is 35.5. The fraction of sp³-hybridized carbons (Fsp3) is 0.400. The topological polar surface area (TPSA) is 32.8 Å². The lowest BCUT2D eigenvalue weighted by Crippen LogP contribution is -2.34. The molecule has 0 amide bonds. The van der Waals surface area contributed by atoms with Crippen molar-refractivity contribution in [1.82, 2.24) is 0 Å². The van der Waals surface area contributed by atoms with Crippen molar-refractivity contribution in [3.8, 4) is 0 Å². The van der Waals surface area contributed by atoms with Gasteiger partial charge in [0.05, 0.1) is 16.4 Å². The zero-order valence-electron chi connectivity index (χ0n) is 48.0. The van der Waals surface area contributed by atoms with Gasteiger partial charge in [0.1, 0.15) is 22.3 Å². The van der Waals surface area contributed by atoms with Gasteiger partial charge in [0.25, 0.3) is 0 Å². The van der Waals surface area contributed by atoms with Crippen LogP contribution in [0.2, 0.25) is 5.02 Å². The third-order valence-corrected chi connectivity index (χ3v) is 18.1. The Balaban J connectivity index is 1.19. The summed E-state index contributed by atoms with van der Waals surface area (Å²) in [5.74, 6) is 0. The lowest BCUT2D eigenvalue weighted by Gasteiger charge is -2.43. The second-order valence-corrected chi connectivity index (χ2v) is 28.6. The summed E-state index contributed by atoms with van der Waals surface area (Å²) < 4.78 is 13.6. The van der Waals surface area contributed by atoms with Crippen molar-refractivity contribution in [3.05, 3.63) is 165 Å². The van der Waals surface area contributed by atoms with E-state index in [2.05, 4.69) is 249 Å². The van der Waals surface area contributed by atoms with Crippen LogP contribution in [0.3, 0.4) is 0 Å². The van der Waals surface area contributed by atoms with E-state index in [9.17, 15) is 0 Å². The Labute approximate surface area is 452 Å². The fourth-order valence-electron chi connectivity index (χ4n) is 12.4. The Morgan fingerprint density at radius 1 is 0.347 bits per heavy atom. The van der Waals surface area contributed by atoms with Crippen LogP contribution in [0.1, 0.15) is 182 Å². The summed E-state index contributed by atoms with van der Waals surface area (Å²) in [4.78, 5) is 4.80. The first kappa shape index (κ1) is 51.2. The third-order valence-electron chi connectivity index (χ3n) is 17.7. The zero-order chi connectivity index (χ0) is 53.7. The van der Waals surface area contributed by atoms with Crippen LogP contribution >= 0.6 is 11.6 Å². The predicted octanol–water partition coefficient (Wildman–Crippen LogP) is 21.7. The Morgan fingerprint density at radius 3 is 1.04 bits per heavy atom. The summed E-state index contributed by atoms with van der Waals surface area (Å²) in [6, 6.07) is 45.8. The number of rotatable bonds is 6. The van der Waals surface area contributed by atoms with E-state index in [1.165, 1.54) is 38.9 Å². The highest BCUT2D eigenvalue weighted by molar-refractivity contribution is 6.37. The molecule has 2 heterocycles. The van der Waals surface area contributed by atoms with Crippen LogP contribution < -0.4 is 9.80 Å². The van der Waals surface area contributed by atoms with Crippen molar-refractivity contribution in [2.45, 2.75) is 181 Å². The van der Waals surface area contributed by atoms with Crippen LogP contribution in [0.25, 0.3) is 43.9 Å². The van der Waals surface area contributed by atoms with Gasteiger partial charge < -0.3 is 18.6 Å². The van der Waals surface area contributed by atoms with Gasteiger partial charge in [-0.3, -0.25) is 0 Å². The van der Waals surface area contributed by atoms with Crippen LogP contribution in [0.4, 0.5) is 34.1 Å². The number of halogens is 1. The SMILES string of the molecule is CC(C)(C)c1cc(N(c2ccc3c(c2)C(C)(C)CCC3(C)C)c2ccc3c(c2)oc2ccc(C(C)(C)C)cc23)c(Cl)c(N(c2ccc3c(c2)C(C)(C)CCC3(C)C)c2ccc3c(c2)oc2ccc(C(C)(C)C)cc23)c1. The summed E-state index contributed by atoms with van der Waals surface area (Å²) in [5.41, 5.74) is 18.5. The summed E-state index contributed by atoms with van der Waals surface area (Å²) in [7, 11) is 0. The molecule has 0 N–H and O–H groups in total. The molecule has 4 nitrogen and oxygen atoms in total. The summed E-state index contributed by atoms with van der Waals surface area (Å²) >= 11 is 8.36. The molecule has 75 heavy (non-hydrogen) atoms.